The van der Waals surface area contributed by atoms with Crippen LogP contribution in [0.15, 0.2) is 65.8 Å². The largest absolute Gasteiger partial charge is 0.364 e. The number of amidine groups is 1. The van der Waals surface area contributed by atoms with Crippen molar-refractivity contribution < 1.29 is 4.84 Å². The van der Waals surface area contributed by atoms with Gasteiger partial charge in [-0.3, -0.25) is 10.2 Å². The van der Waals surface area contributed by atoms with E-state index in [1.165, 1.54) is 5.56 Å². The molecule has 0 radical (unpaired) electrons. The van der Waals surface area contributed by atoms with Crippen molar-refractivity contribution in [3.8, 4) is 0 Å². The smallest absolute Gasteiger partial charge is 0.228 e. The molecule has 4 nitrogen and oxygen atoms in total. The van der Waals surface area contributed by atoms with Crippen LogP contribution in [0.3, 0.4) is 0 Å². The van der Waals surface area contributed by atoms with Gasteiger partial charge in [0.15, 0.2) is 5.84 Å². The number of hydrogen-bond acceptors (Lipinski definition) is 4. The van der Waals surface area contributed by atoms with Crippen LogP contribution in [0.1, 0.15) is 29.9 Å². The molecule has 4 heteroatoms. The molecule has 106 valence electrons. The van der Waals surface area contributed by atoms with Crippen LogP contribution in [0.25, 0.3) is 0 Å². The van der Waals surface area contributed by atoms with Crippen molar-refractivity contribution in [1.82, 2.24) is 10.2 Å². The molecule has 1 fully saturated rings. The van der Waals surface area contributed by atoms with Crippen molar-refractivity contribution in [2.45, 2.75) is 18.8 Å². The van der Waals surface area contributed by atoms with E-state index in [1.807, 2.05) is 24.3 Å². The first kappa shape index (κ1) is 12.4. The summed E-state index contributed by atoms with van der Waals surface area (Å²) >= 11 is 0. The van der Waals surface area contributed by atoms with Crippen LogP contribution < -0.4 is 5.32 Å². The van der Waals surface area contributed by atoms with Crippen LogP contribution in [0.2, 0.25) is 0 Å². The molecule has 1 N–H and O–H groups in total. The average Bonchev–Trinajstić information content (AvgIpc) is 3.00. The van der Waals surface area contributed by atoms with Gasteiger partial charge in [-0.1, -0.05) is 65.8 Å². The first-order chi connectivity index (χ1) is 10.4. The summed E-state index contributed by atoms with van der Waals surface area (Å²) < 4.78 is 0. The Morgan fingerprint density at radius 3 is 2.33 bits per heavy atom. The maximum absolute atomic E-state index is 5.71. The minimum absolute atomic E-state index is 0.103. The molecule has 4 rings (SSSR count). The number of rotatable bonds is 2. The predicted molar refractivity (Wildman–Crippen MR) is 81.3 cm³/mol. The molecule has 2 atom stereocenters. The quantitative estimate of drug-likeness (QED) is 0.918. The molecular formula is C17H17N3O. The van der Waals surface area contributed by atoms with Crippen LogP contribution in [0.4, 0.5) is 0 Å². The zero-order valence-corrected chi connectivity index (χ0v) is 11.6. The van der Waals surface area contributed by atoms with Crippen molar-refractivity contribution in [2.75, 3.05) is 6.54 Å². The van der Waals surface area contributed by atoms with E-state index in [1.54, 1.807) is 0 Å². The van der Waals surface area contributed by atoms with Crippen LogP contribution in [-0.2, 0) is 4.84 Å². The minimum Gasteiger partial charge on any atom is -0.364 e. The molecule has 0 amide bonds. The lowest BCUT2D eigenvalue weighted by molar-refractivity contribution is -0.0169. The Hall–Kier alpha value is -2.33. The highest BCUT2D eigenvalue weighted by Gasteiger charge is 2.39. The van der Waals surface area contributed by atoms with Crippen LogP contribution in [0.5, 0.6) is 0 Å². The van der Waals surface area contributed by atoms with E-state index in [0.29, 0.717) is 0 Å². The van der Waals surface area contributed by atoms with Gasteiger partial charge in [0.2, 0.25) is 6.23 Å². The van der Waals surface area contributed by atoms with Gasteiger partial charge in [0.1, 0.15) is 6.17 Å². The van der Waals surface area contributed by atoms with Gasteiger partial charge < -0.3 is 4.84 Å². The molecule has 2 aromatic carbocycles. The second-order valence-electron chi connectivity index (χ2n) is 5.30. The second kappa shape index (κ2) is 5.22. The zero-order chi connectivity index (χ0) is 14.1. The van der Waals surface area contributed by atoms with E-state index in [9.17, 15) is 0 Å². The molecule has 1 saturated heterocycles. The van der Waals surface area contributed by atoms with E-state index in [0.717, 1.165) is 24.4 Å². The number of nitrogens with zero attached hydrogens (tertiary/aromatic N) is 2. The number of benzene rings is 2. The lowest BCUT2D eigenvalue weighted by Crippen LogP contribution is -2.47. The first-order valence-electron chi connectivity index (χ1n) is 7.28. The molecular weight excluding hydrogens is 262 g/mol. The maximum atomic E-state index is 5.71. The summed E-state index contributed by atoms with van der Waals surface area (Å²) in [5.74, 6) is 1.02. The standard InChI is InChI=1S/C17H17N3O/c1-3-7-13(8-4-1)16-18-12-11-15-19-21-17(20(15)16)14-9-5-2-6-10-14/h1-10,16-18H,11-12H2. The Balaban J connectivity index is 1.70. The summed E-state index contributed by atoms with van der Waals surface area (Å²) in [7, 11) is 0. The summed E-state index contributed by atoms with van der Waals surface area (Å²) in [5, 5.41) is 7.87. The van der Waals surface area contributed by atoms with Crippen molar-refractivity contribution in [2.24, 2.45) is 5.16 Å². The lowest BCUT2D eigenvalue weighted by Gasteiger charge is -2.37. The summed E-state index contributed by atoms with van der Waals surface area (Å²) in [4.78, 5) is 7.96. The third-order valence-electron chi connectivity index (χ3n) is 3.97. The fraction of sp³-hybridized carbons (Fsp3) is 0.235. The van der Waals surface area contributed by atoms with E-state index in [2.05, 4.69) is 51.8 Å². The molecule has 2 aromatic rings. The number of oxime groups is 1. The normalized spacial score (nSPS) is 24.2. The van der Waals surface area contributed by atoms with Crippen LogP contribution in [0, 0.1) is 0 Å². The molecule has 0 aliphatic carbocycles. The van der Waals surface area contributed by atoms with Gasteiger partial charge in [-0.15, -0.1) is 0 Å². The molecule has 2 aliphatic rings. The van der Waals surface area contributed by atoms with Gasteiger partial charge in [0, 0.05) is 18.5 Å². The Morgan fingerprint density at radius 2 is 1.62 bits per heavy atom. The SMILES string of the molecule is c1ccc(C2NCCC3=NOC(c4ccccc4)N32)cc1. The zero-order valence-electron chi connectivity index (χ0n) is 11.6. The summed E-state index contributed by atoms with van der Waals surface area (Å²) in [6, 6.07) is 20.7. The number of nitrogens with one attached hydrogen (secondary N) is 1. The minimum atomic E-state index is -0.154. The van der Waals surface area contributed by atoms with Gasteiger partial charge in [0.05, 0.1) is 0 Å². The third kappa shape index (κ3) is 2.17. The fourth-order valence-corrected chi connectivity index (χ4v) is 2.98. The second-order valence-corrected chi connectivity index (χ2v) is 5.30. The summed E-state index contributed by atoms with van der Waals surface area (Å²) in [6.45, 7) is 0.916. The van der Waals surface area contributed by atoms with Crippen LogP contribution in [-0.4, -0.2) is 17.3 Å². The molecule has 2 unspecified atom stereocenters. The molecule has 21 heavy (non-hydrogen) atoms. The van der Waals surface area contributed by atoms with E-state index < -0.39 is 0 Å². The van der Waals surface area contributed by atoms with Gasteiger partial charge in [-0.25, -0.2) is 0 Å². The maximum Gasteiger partial charge on any atom is 0.228 e. The number of fused-ring (bicyclic) bond motifs is 1. The molecule has 2 aliphatic heterocycles. The van der Waals surface area contributed by atoms with Crippen molar-refractivity contribution in [3.63, 3.8) is 0 Å². The first-order valence-corrected chi connectivity index (χ1v) is 7.28. The Labute approximate surface area is 124 Å². The van der Waals surface area contributed by atoms with Crippen molar-refractivity contribution in [1.29, 1.82) is 0 Å². The summed E-state index contributed by atoms with van der Waals surface area (Å²) in [5.41, 5.74) is 2.36. The van der Waals surface area contributed by atoms with Gasteiger partial charge in [-0.05, 0) is 5.56 Å². The van der Waals surface area contributed by atoms with E-state index in [4.69, 9.17) is 4.84 Å². The Kier molecular flexibility index (Phi) is 3.09. The third-order valence-corrected chi connectivity index (χ3v) is 3.97. The van der Waals surface area contributed by atoms with E-state index in [-0.39, 0.29) is 12.4 Å². The van der Waals surface area contributed by atoms with E-state index >= 15 is 0 Å². The van der Waals surface area contributed by atoms with Gasteiger partial charge in [-0.2, -0.15) is 0 Å². The highest BCUT2D eigenvalue weighted by molar-refractivity contribution is 5.84. The highest BCUT2D eigenvalue weighted by Crippen LogP contribution is 2.37. The molecule has 0 saturated carbocycles. The molecule has 2 heterocycles. The van der Waals surface area contributed by atoms with Crippen LogP contribution >= 0.6 is 0 Å². The fourth-order valence-electron chi connectivity index (χ4n) is 2.98. The predicted octanol–water partition coefficient (Wildman–Crippen LogP) is 3.02. The Bertz CT molecular complexity index is 642. The molecule has 0 bridgehead atoms. The molecule has 0 aromatic heterocycles. The van der Waals surface area contributed by atoms with Crippen molar-refractivity contribution in [3.05, 3.63) is 71.8 Å². The highest BCUT2D eigenvalue weighted by atomic mass is 16.7. The van der Waals surface area contributed by atoms with Gasteiger partial charge >= 0.3 is 0 Å². The van der Waals surface area contributed by atoms with Crippen molar-refractivity contribution >= 4 is 5.84 Å². The van der Waals surface area contributed by atoms with Gasteiger partial charge in [0.25, 0.3) is 0 Å². The molecule has 0 spiro atoms. The summed E-state index contributed by atoms with van der Waals surface area (Å²) in [6.07, 6.45) is 0.845. The number of hydrogen-bond donors (Lipinski definition) is 1. The average molecular weight is 279 g/mol. The monoisotopic (exact) mass is 279 g/mol. The topological polar surface area (TPSA) is 36.9 Å². The Morgan fingerprint density at radius 1 is 0.952 bits per heavy atom. The lowest BCUT2D eigenvalue weighted by atomic mass is 10.1.